The summed E-state index contributed by atoms with van der Waals surface area (Å²) in [6.07, 6.45) is 2.08. The minimum atomic E-state index is 0.634. The van der Waals surface area contributed by atoms with Crippen LogP contribution in [0, 0.1) is 0 Å². The minimum absolute atomic E-state index is 0.634. The molecule has 1 N–H and O–H groups in total. The van der Waals surface area contributed by atoms with E-state index in [-0.39, 0.29) is 0 Å². The van der Waals surface area contributed by atoms with E-state index in [0.717, 1.165) is 45.4 Å². The van der Waals surface area contributed by atoms with Crippen LogP contribution < -0.4 is 14.8 Å². The number of aliphatic imine (C=N–C) groups is 1. The molecule has 0 heterocycles. The van der Waals surface area contributed by atoms with E-state index < -0.39 is 0 Å². The van der Waals surface area contributed by atoms with Crippen LogP contribution in [-0.2, 0) is 0 Å². The van der Waals surface area contributed by atoms with E-state index in [1.807, 2.05) is 91.9 Å². The summed E-state index contributed by atoms with van der Waals surface area (Å²) in [4.78, 5) is 4.91. The Morgan fingerprint density at radius 1 is 0.735 bits per heavy atom. The van der Waals surface area contributed by atoms with Gasteiger partial charge in [0, 0.05) is 5.69 Å². The highest BCUT2D eigenvalue weighted by molar-refractivity contribution is 6.10. The van der Waals surface area contributed by atoms with Crippen LogP contribution in [0.15, 0.2) is 120 Å². The van der Waals surface area contributed by atoms with E-state index in [2.05, 4.69) is 35.7 Å². The molecule has 0 radical (unpaired) electrons. The number of hydrogen-bond acceptors (Lipinski definition) is 3. The number of ether oxygens (including phenoxy) is 2. The second kappa shape index (κ2) is 11.5. The number of anilines is 1. The van der Waals surface area contributed by atoms with Gasteiger partial charge in [-0.25, -0.2) is 4.99 Å². The van der Waals surface area contributed by atoms with E-state index in [0.29, 0.717) is 6.61 Å². The van der Waals surface area contributed by atoms with Crippen LogP contribution in [-0.4, -0.2) is 19.6 Å². The predicted molar refractivity (Wildman–Crippen MR) is 141 cm³/mol. The van der Waals surface area contributed by atoms with Crippen molar-refractivity contribution in [1.29, 1.82) is 0 Å². The fourth-order valence-corrected chi connectivity index (χ4v) is 3.55. The van der Waals surface area contributed by atoms with Crippen molar-refractivity contribution in [3.63, 3.8) is 0 Å². The largest absolute Gasteiger partial charge is 0.497 e. The highest BCUT2D eigenvalue weighted by Gasteiger charge is 2.09. The van der Waals surface area contributed by atoms with Crippen LogP contribution in [0.2, 0.25) is 0 Å². The second-order valence-corrected chi connectivity index (χ2v) is 7.57. The smallest absolute Gasteiger partial charge is 0.131 e. The first kappa shape index (κ1) is 22.9. The van der Waals surface area contributed by atoms with Crippen LogP contribution in [0.4, 0.5) is 11.4 Å². The van der Waals surface area contributed by atoms with Crippen molar-refractivity contribution in [2.45, 2.75) is 6.92 Å². The monoisotopic (exact) mass is 448 g/mol. The first-order valence-electron chi connectivity index (χ1n) is 11.3. The average Bonchev–Trinajstić information content (AvgIpc) is 2.89. The fourth-order valence-electron chi connectivity index (χ4n) is 3.55. The Labute approximate surface area is 201 Å². The number of para-hydroxylation sites is 2. The lowest BCUT2D eigenvalue weighted by molar-refractivity contribution is 0.340. The normalized spacial score (nSPS) is 11.7. The summed E-state index contributed by atoms with van der Waals surface area (Å²) in [5.41, 5.74) is 4.99. The zero-order chi connectivity index (χ0) is 23.6. The molecular formula is C30H28N2O2. The molecule has 0 unspecified atom stereocenters. The first-order valence-corrected chi connectivity index (χ1v) is 11.3. The third-order valence-corrected chi connectivity index (χ3v) is 5.21. The van der Waals surface area contributed by atoms with Crippen LogP contribution in [0.25, 0.3) is 5.57 Å². The van der Waals surface area contributed by atoms with E-state index in [4.69, 9.17) is 14.5 Å². The molecule has 0 bridgehead atoms. The quantitative estimate of drug-likeness (QED) is 0.226. The highest BCUT2D eigenvalue weighted by Crippen LogP contribution is 2.28. The highest BCUT2D eigenvalue weighted by atomic mass is 16.5. The number of nitrogens with one attached hydrogen (secondary N) is 1. The maximum atomic E-state index is 5.64. The van der Waals surface area contributed by atoms with Crippen LogP contribution in [0.5, 0.6) is 11.5 Å². The van der Waals surface area contributed by atoms with E-state index in [1.54, 1.807) is 7.11 Å². The van der Waals surface area contributed by atoms with Crippen molar-refractivity contribution >= 4 is 22.8 Å². The molecule has 0 amide bonds. The maximum absolute atomic E-state index is 5.64. The third kappa shape index (κ3) is 6.14. The Morgan fingerprint density at radius 3 is 1.85 bits per heavy atom. The molecule has 0 atom stereocenters. The minimum Gasteiger partial charge on any atom is -0.497 e. The molecule has 0 saturated carbocycles. The van der Waals surface area contributed by atoms with Crippen molar-refractivity contribution in [1.82, 2.24) is 0 Å². The van der Waals surface area contributed by atoms with Crippen LogP contribution in [0.3, 0.4) is 0 Å². The molecule has 0 saturated heterocycles. The Kier molecular flexibility index (Phi) is 7.75. The van der Waals surface area contributed by atoms with E-state index in [1.165, 1.54) is 0 Å². The lowest BCUT2D eigenvalue weighted by Crippen LogP contribution is -2.10. The van der Waals surface area contributed by atoms with Gasteiger partial charge in [0.25, 0.3) is 0 Å². The molecule has 4 rings (SSSR count). The van der Waals surface area contributed by atoms with Gasteiger partial charge in [-0.05, 0) is 78.2 Å². The van der Waals surface area contributed by atoms with Crippen molar-refractivity contribution in [3.05, 3.63) is 126 Å². The lowest BCUT2D eigenvalue weighted by Gasteiger charge is -2.13. The molecule has 4 heteroatoms. The first-order chi connectivity index (χ1) is 16.7. The van der Waals surface area contributed by atoms with Gasteiger partial charge < -0.3 is 14.8 Å². The topological polar surface area (TPSA) is 42.8 Å². The number of hydrogen-bond donors (Lipinski definition) is 1. The molecule has 0 aliphatic carbocycles. The SMILES string of the molecule is CCOc1ccc(C(=CC(=Nc2ccccc2)Nc2ccccc2)c2ccc(OC)cc2)cc1. The van der Waals surface area contributed by atoms with Gasteiger partial charge in [0.2, 0.25) is 0 Å². The molecule has 0 fully saturated rings. The van der Waals surface area contributed by atoms with Crippen molar-refractivity contribution in [2.75, 3.05) is 19.0 Å². The van der Waals surface area contributed by atoms with Gasteiger partial charge in [-0.2, -0.15) is 0 Å². The summed E-state index contributed by atoms with van der Waals surface area (Å²) in [5.74, 6) is 2.40. The number of rotatable bonds is 8. The Bertz CT molecular complexity index is 1230. The summed E-state index contributed by atoms with van der Waals surface area (Å²) >= 11 is 0. The van der Waals surface area contributed by atoms with Gasteiger partial charge in [0.05, 0.1) is 19.4 Å². The maximum Gasteiger partial charge on any atom is 0.131 e. The number of methoxy groups -OCH3 is 1. The van der Waals surface area contributed by atoms with E-state index in [9.17, 15) is 0 Å². The molecule has 34 heavy (non-hydrogen) atoms. The predicted octanol–water partition coefficient (Wildman–Crippen LogP) is 7.37. The summed E-state index contributed by atoms with van der Waals surface area (Å²) < 4.78 is 11.0. The summed E-state index contributed by atoms with van der Waals surface area (Å²) in [7, 11) is 1.67. The summed E-state index contributed by atoms with van der Waals surface area (Å²) in [5, 5.41) is 3.48. The van der Waals surface area contributed by atoms with Crippen molar-refractivity contribution in [2.24, 2.45) is 4.99 Å². The molecular weight excluding hydrogens is 420 g/mol. The van der Waals surface area contributed by atoms with Gasteiger partial charge in [-0.1, -0.05) is 60.7 Å². The summed E-state index contributed by atoms with van der Waals surface area (Å²) in [6, 6.07) is 36.2. The molecule has 170 valence electrons. The van der Waals surface area contributed by atoms with Gasteiger partial charge in [-0.3, -0.25) is 0 Å². The molecule has 4 aromatic carbocycles. The van der Waals surface area contributed by atoms with Gasteiger partial charge in [0.1, 0.15) is 17.3 Å². The summed E-state index contributed by atoms with van der Waals surface area (Å²) in [6.45, 7) is 2.62. The number of benzene rings is 4. The molecule has 4 nitrogen and oxygen atoms in total. The fraction of sp³-hybridized carbons (Fsp3) is 0.100. The molecule has 4 aromatic rings. The molecule has 0 aromatic heterocycles. The zero-order valence-corrected chi connectivity index (χ0v) is 19.4. The molecule has 0 spiro atoms. The Balaban J connectivity index is 1.81. The van der Waals surface area contributed by atoms with Crippen LogP contribution >= 0.6 is 0 Å². The van der Waals surface area contributed by atoms with E-state index >= 15 is 0 Å². The van der Waals surface area contributed by atoms with Crippen molar-refractivity contribution < 1.29 is 9.47 Å². The van der Waals surface area contributed by atoms with Gasteiger partial charge in [-0.15, -0.1) is 0 Å². The second-order valence-electron chi connectivity index (χ2n) is 7.57. The number of nitrogens with zero attached hydrogens (tertiary/aromatic N) is 1. The van der Waals surface area contributed by atoms with Crippen LogP contribution in [0.1, 0.15) is 18.1 Å². The third-order valence-electron chi connectivity index (χ3n) is 5.21. The average molecular weight is 449 g/mol. The van der Waals surface area contributed by atoms with Gasteiger partial charge in [0.15, 0.2) is 0 Å². The molecule has 0 aliphatic rings. The van der Waals surface area contributed by atoms with Crippen molar-refractivity contribution in [3.8, 4) is 11.5 Å². The Hall–Kier alpha value is -4.31. The Morgan fingerprint density at radius 2 is 1.29 bits per heavy atom. The standard InChI is InChI=1S/C30H28N2O2/c1-3-34-28-20-16-24(17-21-28)29(23-14-18-27(33-2)19-15-23)22-30(31-25-10-6-4-7-11-25)32-26-12-8-5-9-13-26/h4-22H,3H2,1-2H3,(H,31,32). The van der Waals surface area contributed by atoms with Gasteiger partial charge >= 0.3 is 0 Å². The zero-order valence-electron chi connectivity index (χ0n) is 19.4. The number of amidine groups is 1. The lowest BCUT2D eigenvalue weighted by atomic mass is 9.97. The molecule has 0 aliphatic heterocycles.